The molecule has 0 aromatic carbocycles. The first kappa shape index (κ1) is 32.7. The van der Waals surface area contributed by atoms with E-state index < -0.39 is 0 Å². The SMILES string of the molecule is CCCCCCCCCCCCCCCCCCCCC1CCC(Oc2ccc[n+](C)c2C)O1.[I-]. The summed E-state index contributed by atoms with van der Waals surface area (Å²) in [4.78, 5) is 0. The van der Waals surface area contributed by atoms with Crippen molar-refractivity contribution in [2.45, 2.75) is 161 Å². The molecule has 2 heterocycles. The third kappa shape index (κ3) is 15.5. The number of rotatable bonds is 21. The third-order valence-corrected chi connectivity index (χ3v) is 7.65. The van der Waals surface area contributed by atoms with E-state index in [2.05, 4.69) is 31.7 Å². The van der Waals surface area contributed by atoms with Gasteiger partial charge in [0.05, 0.1) is 6.10 Å². The maximum Gasteiger partial charge on any atom is 0.220 e. The van der Waals surface area contributed by atoms with Crippen LogP contribution in [-0.4, -0.2) is 12.4 Å². The van der Waals surface area contributed by atoms with Gasteiger partial charge >= 0.3 is 0 Å². The van der Waals surface area contributed by atoms with Crippen LogP contribution in [0.2, 0.25) is 0 Å². The first-order chi connectivity index (χ1) is 16.7. The Balaban J connectivity index is 0.00000612. The van der Waals surface area contributed by atoms with E-state index in [1.165, 1.54) is 122 Å². The number of aryl methyl sites for hydroxylation is 1. The highest BCUT2D eigenvalue weighted by atomic mass is 127. The lowest BCUT2D eigenvalue weighted by Crippen LogP contribution is -3.00. The van der Waals surface area contributed by atoms with Gasteiger partial charge in [0, 0.05) is 19.4 Å². The molecule has 0 N–H and O–H groups in total. The second kappa shape index (κ2) is 21.7. The molecule has 3 nitrogen and oxygen atoms in total. The monoisotopic (exact) mass is 601 g/mol. The summed E-state index contributed by atoms with van der Waals surface area (Å²) >= 11 is 0. The number of aromatic nitrogens is 1. The lowest BCUT2D eigenvalue weighted by Gasteiger charge is -2.15. The largest absolute Gasteiger partial charge is 1.00 e. The van der Waals surface area contributed by atoms with Crippen LogP contribution < -0.4 is 33.3 Å². The fourth-order valence-electron chi connectivity index (χ4n) is 5.18. The summed E-state index contributed by atoms with van der Waals surface area (Å²) in [5, 5.41) is 0. The molecular formula is C31H56INO2. The van der Waals surface area contributed by atoms with Crippen LogP contribution in [0.1, 0.15) is 147 Å². The molecule has 1 aliphatic rings. The van der Waals surface area contributed by atoms with Gasteiger partial charge < -0.3 is 33.5 Å². The second-order valence-electron chi connectivity index (χ2n) is 10.8. The van der Waals surface area contributed by atoms with Gasteiger partial charge in [0.15, 0.2) is 11.9 Å². The van der Waals surface area contributed by atoms with Gasteiger partial charge in [0.2, 0.25) is 12.0 Å². The van der Waals surface area contributed by atoms with Crippen LogP contribution in [0, 0.1) is 6.92 Å². The molecule has 1 fully saturated rings. The van der Waals surface area contributed by atoms with Crippen molar-refractivity contribution < 1.29 is 38.0 Å². The normalized spacial score (nSPS) is 17.5. The van der Waals surface area contributed by atoms with Gasteiger partial charge in [-0.15, -0.1) is 0 Å². The molecule has 0 bridgehead atoms. The van der Waals surface area contributed by atoms with Crippen molar-refractivity contribution in [3.05, 3.63) is 24.0 Å². The number of nitrogens with zero attached hydrogens (tertiary/aromatic N) is 1. The minimum Gasteiger partial charge on any atom is -1.00 e. The van der Waals surface area contributed by atoms with E-state index in [1.54, 1.807) is 0 Å². The lowest BCUT2D eigenvalue weighted by molar-refractivity contribution is -0.678. The Labute approximate surface area is 235 Å². The highest BCUT2D eigenvalue weighted by molar-refractivity contribution is 5.21. The number of ether oxygens (including phenoxy) is 2. The molecule has 1 aliphatic heterocycles. The molecule has 2 unspecified atom stereocenters. The Kier molecular flexibility index (Phi) is 20.3. The highest BCUT2D eigenvalue weighted by Gasteiger charge is 2.27. The van der Waals surface area contributed by atoms with Crippen molar-refractivity contribution in [2.24, 2.45) is 7.05 Å². The maximum absolute atomic E-state index is 6.16. The van der Waals surface area contributed by atoms with Crippen molar-refractivity contribution >= 4 is 0 Å². The fourth-order valence-corrected chi connectivity index (χ4v) is 5.18. The van der Waals surface area contributed by atoms with E-state index in [0.717, 1.165) is 24.3 Å². The van der Waals surface area contributed by atoms with Gasteiger partial charge in [-0.25, -0.2) is 4.57 Å². The molecule has 0 amide bonds. The first-order valence-electron chi connectivity index (χ1n) is 15.0. The minimum atomic E-state index is -0.0679. The number of hydrogen-bond acceptors (Lipinski definition) is 2. The topological polar surface area (TPSA) is 22.3 Å². The molecule has 35 heavy (non-hydrogen) atoms. The van der Waals surface area contributed by atoms with Gasteiger partial charge in [-0.05, 0) is 18.9 Å². The summed E-state index contributed by atoms with van der Waals surface area (Å²) in [6.45, 7) is 4.40. The molecule has 204 valence electrons. The number of pyridine rings is 1. The zero-order valence-corrected chi connectivity index (χ0v) is 25.5. The Morgan fingerprint density at radius 1 is 0.771 bits per heavy atom. The molecule has 4 heteroatoms. The summed E-state index contributed by atoms with van der Waals surface area (Å²) in [6, 6.07) is 4.08. The van der Waals surface area contributed by atoms with E-state index in [0.29, 0.717) is 6.10 Å². The summed E-state index contributed by atoms with van der Waals surface area (Å²) in [5.41, 5.74) is 1.15. The van der Waals surface area contributed by atoms with Crippen LogP contribution in [0.15, 0.2) is 18.3 Å². The van der Waals surface area contributed by atoms with E-state index >= 15 is 0 Å². The Hall–Kier alpha value is -0.360. The molecule has 0 saturated carbocycles. The van der Waals surface area contributed by atoms with Gasteiger partial charge in [-0.3, -0.25) is 0 Å². The quantitative estimate of drug-likeness (QED) is 0.0960. The number of hydrogen-bond donors (Lipinski definition) is 0. The van der Waals surface area contributed by atoms with Gasteiger partial charge in [0.25, 0.3) is 0 Å². The number of unbranched alkanes of at least 4 members (excludes halogenated alkanes) is 17. The van der Waals surface area contributed by atoms with Crippen molar-refractivity contribution in [3.8, 4) is 5.75 Å². The smallest absolute Gasteiger partial charge is 0.220 e. The molecule has 0 radical (unpaired) electrons. The molecule has 0 aliphatic carbocycles. The summed E-state index contributed by atoms with van der Waals surface area (Å²) in [5.74, 6) is 0.948. The molecule has 1 aromatic heterocycles. The summed E-state index contributed by atoms with van der Waals surface area (Å²) in [6.07, 6.45) is 31.5. The van der Waals surface area contributed by atoms with E-state index in [1.807, 2.05) is 12.1 Å². The Bertz CT molecular complexity index is 624. The first-order valence-corrected chi connectivity index (χ1v) is 15.0. The number of halogens is 1. The molecule has 0 spiro atoms. The zero-order valence-electron chi connectivity index (χ0n) is 23.4. The van der Waals surface area contributed by atoms with Gasteiger partial charge in [-0.1, -0.05) is 122 Å². The molecule has 1 aromatic rings. The molecule has 2 rings (SSSR count). The molecular weight excluding hydrogens is 545 g/mol. The molecule has 2 atom stereocenters. The predicted octanol–water partition coefficient (Wildman–Crippen LogP) is 6.14. The average molecular weight is 602 g/mol. The summed E-state index contributed by atoms with van der Waals surface area (Å²) in [7, 11) is 2.05. The minimum absolute atomic E-state index is 0. The van der Waals surface area contributed by atoms with E-state index in [-0.39, 0.29) is 30.3 Å². The Morgan fingerprint density at radius 3 is 1.77 bits per heavy atom. The van der Waals surface area contributed by atoms with E-state index in [9.17, 15) is 0 Å². The van der Waals surface area contributed by atoms with Crippen LogP contribution in [0.3, 0.4) is 0 Å². The van der Waals surface area contributed by atoms with Gasteiger partial charge in [-0.2, -0.15) is 0 Å². The van der Waals surface area contributed by atoms with Crippen molar-refractivity contribution in [1.82, 2.24) is 0 Å². The average Bonchev–Trinajstić information content (AvgIpc) is 3.28. The van der Waals surface area contributed by atoms with Crippen molar-refractivity contribution in [3.63, 3.8) is 0 Å². The van der Waals surface area contributed by atoms with Crippen molar-refractivity contribution in [1.29, 1.82) is 0 Å². The lowest BCUT2D eigenvalue weighted by atomic mass is 10.0. The van der Waals surface area contributed by atoms with Crippen LogP contribution in [-0.2, 0) is 11.8 Å². The van der Waals surface area contributed by atoms with Crippen LogP contribution in [0.25, 0.3) is 0 Å². The van der Waals surface area contributed by atoms with Crippen LogP contribution in [0.5, 0.6) is 5.75 Å². The van der Waals surface area contributed by atoms with Crippen LogP contribution >= 0.6 is 0 Å². The third-order valence-electron chi connectivity index (χ3n) is 7.65. The maximum atomic E-state index is 6.16. The van der Waals surface area contributed by atoms with Gasteiger partial charge in [0.1, 0.15) is 7.05 Å². The molecule has 1 saturated heterocycles. The van der Waals surface area contributed by atoms with Crippen LogP contribution in [0.4, 0.5) is 0 Å². The second-order valence-corrected chi connectivity index (χ2v) is 10.8. The zero-order chi connectivity index (χ0) is 24.3. The highest BCUT2D eigenvalue weighted by Crippen LogP contribution is 2.27. The predicted molar refractivity (Wildman–Crippen MR) is 144 cm³/mol. The standard InChI is InChI=1S/C31H56NO2.HI/c1-4-5-6-7-8-9-10-11-12-13-14-15-16-17-18-19-20-21-23-29-25-26-31(33-29)34-30-24-22-27-32(3)28(30)2;/h22,24,27,29,31H,4-21,23,25-26H2,1-3H3;1H/q+1;/p-1. The Morgan fingerprint density at radius 2 is 1.26 bits per heavy atom. The summed E-state index contributed by atoms with van der Waals surface area (Å²) < 4.78 is 14.4. The van der Waals surface area contributed by atoms with Crippen molar-refractivity contribution in [2.75, 3.05) is 0 Å². The van der Waals surface area contributed by atoms with E-state index in [4.69, 9.17) is 9.47 Å². The fraction of sp³-hybridized carbons (Fsp3) is 0.839.